The fraction of sp³-hybridized carbons (Fsp3) is 0.571. The Morgan fingerprint density at radius 1 is 0.733 bits per heavy atom. The van der Waals surface area contributed by atoms with Crippen LogP contribution in [0.4, 0.5) is 0 Å². The van der Waals surface area contributed by atoms with Gasteiger partial charge in [0.2, 0.25) is 0 Å². The van der Waals surface area contributed by atoms with Crippen molar-refractivity contribution in [3.8, 4) is 0 Å². The first-order valence-electron chi connectivity index (χ1n) is 5.52. The molecule has 0 saturated heterocycles. The monoisotopic (exact) mass is 216 g/mol. The molecule has 0 aliphatic rings. The standard InChI is InChI=1S/C14H21.Al/c1-13(2,3)11-8-7-9-12(10-11)14(4,5)6;/h8-10H,1-6H3;/q;+2. The zero-order valence-electron chi connectivity index (χ0n) is 10.8. The first-order valence-corrected chi connectivity index (χ1v) is 6.10. The maximum atomic E-state index is 2.81. The van der Waals surface area contributed by atoms with E-state index in [4.69, 9.17) is 0 Å². The molecule has 0 aromatic heterocycles. The van der Waals surface area contributed by atoms with Crippen LogP contribution in [0, 0.1) is 0 Å². The van der Waals surface area contributed by atoms with Gasteiger partial charge < -0.3 is 0 Å². The summed E-state index contributed by atoms with van der Waals surface area (Å²) in [4.78, 5) is 0. The molecule has 0 bridgehead atoms. The molecule has 1 aromatic carbocycles. The fourth-order valence-electron chi connectivity index (χ4n) is 1.52. The van der Waals surface area contributed by atoms with Crippen LogP contribution in [0.1, 0.15) is 52.7 Å². The molecule has 0 heterocycles. The first-order chi connectivity index (χ1) is 6.60. The molecule has 0 aliphatic heterocycles. The summed E-state index contributed by atoms with van der Waals surface area (Å²) in [6.45, 7) is 13.6. The van der Waals surface area contributed by atoms with Gasteiger partial charge in [0.25, 0.3) is 0 Å². The molecule has 0 atom stereocenters. The van der Waals surface area contributed by atoms with Gasteiger partial charge in [0, 0.05) is 0 Å². The molecule has 0 unspecified atom stereocenters. The predicted molar refractivity (Wildman–Crippen MR) is 69.2 cm³/mol. The van der Waals surface area contributed by atoms with Gasteiger partial charge in [-0.05, 0) is 0 Å². The van der Waals surface area contributed by atoms with Gasteiger partial charge in [-0.3, -0.25) is 0 Å². The van der Waals surface area contributed by atoms with E-state index in [1.165, 1.54) is 15.6 Å². The molecule has 1 aromatic rings. The molecule has 0 N–H and O–H groups in total. The van der Waals surface area contributed by atoms with Crippen LogP contribution < -0.4 is 4.43 Å². The Bertz CT molecular complexity index is 318. The average molecular weight is 216 g/mol. The molecule has 0 aliphatic carbocycles. The Morgan fingerprint density at radius 3 is 1.33 bits per heavy atom. The van der Waals surface area contributed by atoms with Crippen molar-refractivity contribution in [3.05, 3.63) is 29.3 Å². The molecule has 78 valence electrons. The third kappa shape index (κ3) is 3.37. The Hall–Kier alpha value is -0.248. The van der Waals surface area contributed by atoms with Crippen LogP contribution in [0.3, 0.4) is 0 Å². The molecule has 0 saturated carbocycles. The summed E-state index contributed by atoms with van der Waals surface area (Å²) in [6, 6.07) is 6.87. The average Bonchev–Trinajstić information content (AvgIpc) is 1.99. The van der Waals surface area contributed by atoms with E-state index in [0.29, 0.717) is 0 Å². The fourth-order valence-corrected chi connectivity index (χ4v) is 1.88. The molecule has 0 fully saturated rings. The van der Waals surface area contributed by atoms with Gasteiger partial charge in [-0.25, -0.2) is 0 Å². The first kappa shape index (κ1) is 12.8. The Labute approximate surface area is 103 Å². The number of rotatable bonds is 0. The second-order valence-corrected chi connectivity index (χ2v) is 7.01. The van der Waals surface area contributed by atoms with E-state index < -0.39 is 0 Å². The third-order valence-corrected chi connectivity index (χ3v) is 3.02. The SMILES string of the molecule is CC(C)(C)c1c[c]([Al+2])cc(C(C)(C)C)c1. The summed E-state index contributed by atoms with van der Waals surface area (Å²) in [5, 5.41) is 0. The van der Waals surface area contributed by atoms with E-state index in [1.54, 1.807) is 0 Å². The van der Waals surface area contributed by atoms with Crippen molar-refractivity contribution in [2.45, 2.75) is 52.4 Å². The van der Waals surface area contributed by atoms with Gasteiger partial charge in [-0.1, -0.05) is 0 Å². The second-order valence-electron chi connectivity index (χ2n) is 6.34. The zero-order valence-corrected chi connectivity index (χ0v) is 12.0. The van der Waals surface area contributed by atoms with Crippen LogP contribution in [-0.4, -0.2) is 16.3 Å². The summed E-state index contributed by atoms with van der Waals surface area (Å²) in [5.41, 5.74) is 3.29. The van der Waals surface area contributed by atoms with Gasteiger partial charge in [-0.15, -0.1) is 0 Å². The van der Waals surface area contributed by atoms with Crippen molar-refractivity contribution < 1.29 is 0 Å². The Kier molecular flexibility index (Phi) is 3.39. The van der Waals surface area contributed by atoms with E-state index in [2.05, 4.69) is 76.0 Å². The summed E-state index contributed by atoms with van der Waals surface area (Å²) in [5.74, 6) is 0. The minimum atomic E-state index is 0.229. The summed E-state index contributed by atoms with van der Waals surface area (Å²) < 4.78 is 1.28. The normalized spacial score (nSPS) is 13.1. The van der Waals surface area contributed by atoms with E-state index in [1.807, 2.05) is 0 Å². The van der Waals surface area contributed by atoms with E-state index in [-0.39, 0.29) is 10.8 Å². The van der Waals surface area contributed by atoms with Gasteiger partial charge in [-0.2, -0.15) is 0 Å². The summed E-state index contributed by atoms with van der Waals surface area (Å²) in [7, 11) is 0. The van der Waals surface area contributed by atoms with Crippen LogP contribution in [0.15, 0.2) is 18.2 Å². The Balaban J connectivity index is 3.30. The van der Waals surface area contributed by atoms with Crippen molar-refractivity contribution in [1.82, 2.24) is 0 Å². The van der Waals surface area contributed by atoms with Crippen LogP contribution in [0.5, 0.6) is 0 Å². The molecule has 0 nitrogen and oxygen atoms in total. The van der Waals surface area contributed by atoms with Crippen LogP contribution in [0.2, 0.25) is 0 Å². The molecular weight excluding hydrogens is 195 g/mol. The van der Waals surface area contributed by atoms with E-state index in [0.717, 1.165) is 0 Å². The van der Waals surface area contributed by atoms with Gasteiger partial charge in [0.05, 0.1) is 0 Å². The van der Waals surface area contributed by atoms with E-state index in [9.17, 15) is 0 Å². The van der Waals surface area contributed by atoms with Crippen molar-refractivity contribution in [3.63, 3.8) is 0 Å². The van der Waals surface area contributed by atoms with Crippen molar-refractivity contribution in [2.24, 2.45) is 0 Å². The van der Waals surface area contributed by atoms with Crippen LogP contribution in [0.25, 0.3) is 0 Å². The molecular formula is C14H21Al+2. The van der Waals surface area contributed by atoms with Crippen LogP contribution >= 0.6 is 0 Å². The molecule has 0 spiro atoms. The third-order valence-electron chi connectivity index (χ3n) is 2.69. The number of hydrogen-bond acceptors (Lipinski definition) is 0. The molecule has 0 radical (unpaired) electrons. The Morgan fingerprint density at radius 2 is 1.07 bits per heavy atom. The second kappa shape index (κ2) is 3.96. The van der Waals surface area contributed by atoms with Gasteiger partial charge in [0.1, 0.15) is 0 Å². The zero-order chi connectivity index (χ0) is 11.9. The number of hydrogen-bond donors (Lipinski definition) is 0. The molecule has 1 rings (SSSR count). The predicted octanol–water partition coefficient (Wildman–Crippen LogP) is 3.08. The quantitative estimate of drug-likeness (QED) is 0.585. The van der Waals surface area contributed by atoms with E-state index >= 15 is 0 Å². The maximum absolute atomic E-state index is 2.81. The molecule has 0 amide bonds. The number of benzene rings is 1. The van der Waals surface area contributed by atoms with Crippen molar-refractivity contribution in [1.29, 1.82) is 0 Å². The van der Waals surface area contributed by atoms with Gasteiger partial charge >= 0.3 is 102 Å². The topological polar surface area (TPSA) is 0 Å². The van der Waals surface area contributed by atoms with Gasteiger partial charge in [0.15, 0.2) is 0 Å². The molecule has 1 heteroatoms. The van der Waals surface area contributed by atoms with Crippen molar-refractivity contribution in [2.75, 3.05) is 0 Å². The summed E-state index contributed by atoms with van der Waals surface area (Å²) >= 11 is 2.81. The summed E-state index contributed by atoms with van der Waals surface area (Å²) in [6.07, 6.45) is 0. The van der Waals surface area contributed by atoms with Crippen molar-refractivity contribution >= 4 is 20.7 Å². The van der Waals surface area contributed by atoms with Crippen LogP contribution in [-0.2, 0) is 10.8 Å². The minimum absolute atomic E-state index is 0.229. The molecule has 15 heavy (non-hydrogen) atoms.